The van der Waals surface area contributed by atoms with Crippen molar-refractivity contribution in [2.75, 3.05) is 25.4 Å². The fourth-order valence-corrected chi connectivity index (χ4v) is 3.92. The number of benzene rings is 1. The van der Waals surface area contributed by atoms with Gasteiger partial charge in [0.1, 0.15) is 12.4 Å². The van der Waals surface area contributed by atoms with Crippen LogP contribution < -0.4 is 0 Å². The van der Waals surface area contributed by atoms with E-state index < -0.39 is 5.97 Å². The average molecular weight is 404 g/mol. The number of ketones is 1. The summed E-state index contributed by atoms with van der Waals surface area (Å²) in [6.07, 6.45) is 0. The van der Waals surface area contributed by atoms with E-state index in [1.54, 1.807) is 18.2 Å². The van der Waals surface area contributed by atoms with E-state index in [0.29, 0.717) is 24.4 Å². The topological polar surface area (TPSA) is 68.6 Å². The van der Waals surface area contributed by atoms with E-state index in [1.807, 2.05) is 18.4 Å². The molecule has 148 valence electrons. The van der Waals surface area contributed by atoms with E-state index in [1.165, 1.54) is 28.8 Å². The molecule has 6 nitrogen and oxygen atoms in total. The molecular weight excluding hydrogens is 383 g/mol. The molecule has 0 radical (unpaired) electrons. The van der Waals surface area contributed by atoms with Crippen molar-refractivity contribution in [1.29, 1.82) is 0 Å². The largest absolute Gasteiger partial charge is 0.456 e. The molecule has 2 heterocycles. The number of hydrogen-bond donors (Lipinski definition) is 0. The van der Waals surface area contributed by atoms with E-state index >= 15 is 0 Å². The zero-order valence-electron chi connectivity index (χ0n) is 15.7. The zero-order valence-corrected chi connectivity index (χ0v) is 16.6. The number of thioether (sulfide) groups is 1. The van der Waals surface area contributed by atoms with E-state index in [-0.39, 0.29) is 30.0 Å². The Labute approximate surface area is 166 Å². The Morgan fingerprint density at radius 2 is 1.93 bits per heavy atom. The highest BCUT2D eigenvalue weighted by atomic mass is 32.2. The van der Waals surface area contributed by atoms with Crippen LogP contribution in [0.3, 0.4) is 0 Å². The van der Waals surface area contributed by atoms with Gasteiger partial charge in [0.15, 0.2) is 6.61 Å². The van der Waals surface area contributed by atoms with E-state index in [0.717, 1.165) is 17.0 Å². The number of aryl methyl sites for hydroxylation is 1. The highest BCUT2D eigenvalue weighted by Gasteiger charge is 2.24. The maximum absolute atomic E-state index is 13.1. The van der Waals surface area contributed by atoms with Crippen LogP contribution in [0.5, 0.6) is 0 Å². The van der Waals surface area contributed by atoms with Crippen molar-refractivity contribution < 1.29 is 23.5 Å². The molecule has 0 bridgehead atoms. The summed E-state index contributed by atoms with van der Waals surface area (Å²) in [6.45, 7) is 4.23. The molecule has 28 heavy (non-hydrogen) atoms. The first kappa shape index (κ1) is 20.1. The van der Waals surface area contributed by atoms with Gasteiger partial charge in [0.2, 0.25) is 5.78 Å². The minimum atomic E-state index is -0.593. The van der Waals surface area contributed by atoms with Crippen molar-refractivity contribution >= 4 is 28.8 Å². The minimum Gasteiger partial charge on any atom is -0.456 e. The maximum atomic E-state index is 13.1. The standard InChI is InChI=1S/C20H21FN2O4S/c1-13-9-17(14(2)23(13)10-15-3-5-16(21)6-4-15)18(24)12-27-19(25)11-22-7-8-28-20(22)26/h3-6,9H,7-8,10-12H2,1-2H3. The average Bonchev–Trinajstić information content (AvgIpc) is 3.19. The quantitative estimate of drug-likeness (QED) is 0.524. The van der Waals surface area contributed by atoms with Gasteiger partial charge < -0.3 is 14.2 Å². The van der Waals surface area contributed by atoms with Crippen LogP contribution in [0.2, 0.25) is 0 Å². The lowest BCUT2D eigenvalue weighted by Crippen LogP contribution is -2.31. The smallest absolute Gasteiger partial charge is 0.326 e. The molecule has 1 aliphatic heterocycles. The normalized spacial score (nSPS) is 13.8. The summed E-state index contributed by atoms with van der Waals surface area (Å²) in [5.41, 5.74) is 3.05. The van der Waals surface area contributed by atoms with Crippen LogP contribution in [-0.2, 0) is 16.1 Å². The molecule has 0 saturated carbocycles. The Bertz CT molecular complexity index is 908. The Kier molecular flexibility index (Phi) is 6.18. The second-order valence-corrected chi connectivity index (χ2v) is 7.66. The van der Waals surface area contributed by atoms with Crippen molar-refractivity contribution in [3.63, 3.8) is 0 Å². The molecule has 0 unspecified atom stereocenters. The molecule has 8 heteroatoms. The molecule has 1 aromatic carbocycles. The number of hydrogen-bond acceptors (Lipinski definition) is 5. The number of amides is 1. The first-order valence-electron chi connectivity index (χ1n) is 8.87. The van der Waals surface area contributed by atoms with Gasteiger partial charge in [0.25, 0.3) is 5.24 Å². The molecule has 1 fully saturated rings. The summed E-state index contributed by atoms with van der Waals surface area (Å²) >= 11 is 1.17. The van der Waals surface area contributed by atoms with Crippen LogP contribution in [0.1, 0.15) is 27.3 Å². The van der Waals surface area contributed by atoms with Crippen LogP contribution in [-0.4, -0.2) is 51.9 Å². The third kappa shape index (κ3) is 4.62. The summed E-state index contributed by atoms with van der Waals surface area (Å²) in [7, 11) is 0. The van der Waals surface area contributed by atoms with Gasteiger partial charge in [-0.2, -0.15) is 0 Å². The predicted molar refractivity (Wildman–Crippen MR) is 104 cm³/mol. The lowest BCUT2D eigenvalue weighted by Gasteiger charge is -2.13. The number of ether oxygens (including phenoxy) is 1. The fourth-order valence-electron chi connectivity index (χ4n) is 3.09. The number of nitrogens with zero attached hydrogens (tertiary/aromatic N) is 2. The van der Waals surface area contributed by atoms with Gasteiger partial charge in [-0.25, -0.2) is 4.39 Å². The second kappa shape index (κ2) is 8.60. The van der Waals surface area contributed by atoms with Gasteiger partial charge in [-0.15, -0.1) is 0 Å². The van der Waals surface area contributed by atoms with Crippen molar-refractivity contribution in [3.05, 3.63) is 58.7 Å². The summed E-state index contributed by atoms with van der Waals surface area (Å²) in [5.74, 6) is -0.527. The third-order valence-electron chi connectivity index (χ3n) is 4.66. The molecular formula is C20H21FN2O4S. The summed E-state index contributed by atoms with van der Waals surface area (Å²) in [5, 5.41) is -0.146. The molecule has 1 saturated heterocycles. The molecule has 0 spiro atoms. The van der Waals surface area contributed by atoms with E-state index in [2.05, 4.69) is 0 Å². The van der Waals surface area contributed by atoms with Crippen LogP contribution in [0.25, 0.3) is 0 Å². The van der Waals surface area contributed by atoms with Crippen LogP contribution in [0.4, 0.5) is 9.18 Å². The fraction of sp³-hybridized carbons (Fsp3) is 0.350. The summed E-state index contributed by atoms with van der Waals surface area (Å²) < 4.78 is 20.1. The number of rotatable bonds is 7. The van der Waals surface area contributed by atoms with Gasteiger partial charge >= 0.3 is 5.97 Å². The maximum Gasteiger partial charge on any atom is 0.326 e. The first-order valence-corrected chi connectivity index (χ1v) is 9.85. The van der Waals surface area contributed by atoms with Crippen LogP contribution >= 0.6 is 11.8 Å². The van der Waals surface area contributed by atoms with Gasteiger partial charge in [0, 0.05) is 35.8 Å². The molecule has 0 atom stereocenters. The molecule has 2 aromatic rings. The van der Waals surface area contributed by atoms with Crippen molar-refractivity contribution in [2.45, 2.75) is 20.4 Å². The Morgan fingerprint density at radius 1 is 1.21 bits per heavy atom. The zero-order chi connectivity index (χ0) is 20.3. The number of carbonyl (C=O) groups is 3. The highest BCUT2D eigenvalue weighted by Crippen LogP contribution is 2.19. The van der Waals surface area contributed by atoms with Gasteiger partial charge in [-0.1, -0.05) is 23.9 Å². The van der Waals surface area contributed by atoms with E-state index in [4.69, 9.17) is 4.74 Å². The number of carbonyl (C=O) groups excluding carboxylic acids is 3. The van der Waals surface area contributed by atoms with Gasteiger partial charge in [0.05, 0.1) is 0 Å². The van der Waals surface area contributed by atoms with Gasteiger partial charge in [-0.3, -0.25) is 14.4 Å². The number of aromatic nitrogens is 1. The number of esters is 1. The van der Waals surface area contributed by atoms with Crippen LogP contribution in [0.15, 0.2) is 30.3 Å². The molecule has 1 amide bonds. The minimum absolute atomic E-state index is 0.136. The third-order valence-corrected chi connectivity index (χ3v) is 5.55. The van der Waals surface area contributed by atoms with Crippen LogP contribution in [0, 0.1) is 19.7 Å². The van der Waals surface area contributed by atoms with Crippen molar-refractivity contribution in [3.8, 4) is 0 Å². The Morgan fingerprint density at radius 3 is 2.57 bits per heavy atom. The van der Waals surface area contributed by atoms with Crippen molar-refractivity contribution in [1.82, 2.24) is 9.47 Å². The second-order valence-electron chi connectivity index (χ2n) is 6.62. The SMILES string of the molecule is Cc1cc(C(=O)COC(=O)CN2CCSC2=O)c(C)n1Cc1ccc(F)cc1. The molecule has 0 N–H and O–H groups in total. The van der Waals surface area contributed by atoms with E-state index in [9.17, 15) is 18.8 Å². The highest BCUT2D eigenvalue weighted by molar-refractivity contribution is 8.13. The Balaban J connectivity index is 1.61. The number of halogens is 1. The lowest BCUT2D eigenvalue weighted by atomic mass is 10.1. The molecule has 1 aromatic heterocycles. The summed E-state index contributed by atoms with van der Waals surface area (Å²) in [4.78, 5) is 37.3. The predicted octanol–water partition coefficient (Wildman–Crippen LogP) is 3.19. The lowest BCUT2D eigenvalue weighted by molar-refractivity contribution is -0.142. The number of Topliss-reactive ketones (excluding diaryl/α,β-unsaturated/α-hetero) is 1. The molecule has 1 aliphatic rings. The first-order chi connectivity index (χ1) is 13.3. The Hall–Kier alpha value is -2.61. The monoisotopic (exact) mass is 404 g/mol. The summed E-state index contributed by atoms with van der Waals surface area (Å²) in [6, 6.07) is 7.97. The molecule has 3 rings (SSSR count). The molecule has 0 aliphatic carbocycles. The van der Waals surface area contributed by atoms with Gasteiger partial charge in [-0.05, 0) is 37.6 Å². The van der Waals surface area contributed by atoms with Crippen molar-refractivity contribution in [2.24, 2.45) is 0 Å².